The summed E-state index contributed by atoms with van der Waals surface area (Å²) >= 11 is 6.07. The van der Waals surface area contributed by atoms with Crippen molar-refractivity contribution in [3.05, 3.63) is 52.3 Å². The maximum atomic E-state index is 6.07. The zero-order chi connectivity index (χ0) is 15.6. The summed E-state index contributed by atoms with van der Waals surface area (Å²) in [5.41, 5.74) is 3.79. The topological polar surface area (TPSA) is 29.9 Å². The second-order valence-electron chi connectivity index (χ2n) is 6.47. The molecular formula is C17H24ClN3. The summed E-state index contributed by atoms with van der Waals surface area (Å²) in [5.74, 6) is 0. The Bertz CT molecular complexity index is 593. The van der Waals surface area contributed by atoms with Crippen LogP contribution in [0.4, 0.5) is 0 Å². The van der Waals surface area contributed by atoms with Gasteiger partial charge in [0, 0.05) is 0 Å². The number of benzene rings is 1. The minimum atomic E-state index is 0.180. The number of hydrogen-bond acceptors (Lipinski definition) is 2. The van der Waals surface area contributed by atoms with Crippen LogP contribution in [0.1, 0.15) is 43.6 Å². The standard InChI is InChI=1S/C17H24ClN3/c1-12-15(18)10-20-21(12)11-16(19-5)13-6-8-14(9-7-13)17(2,3)4/h6-10,16,19H,11H2,1-5H3. The van der Waals surface area contributed by atoms with E-state index in [1.165, 1.54) is 11.1 Å². The molecule has 1 heterocycles. The molecule has 21 heavy (non-hydrogen) atoms. The van der Waals surface area contributed by atoms with E-state index in [1.807, 2.05) is 18.7 Å². The van der Waals surface area contributed by atoms with Gasteiger partial charge < -0.3 is 5.32 Å². The molecule has 2 aromatic rings. The Morgan fingerprint density at radius 2 is 1.86 bits per heavy atom. The maximum absolute atomic E-state index is 6.07. The smallest absolute Gasteiger partial charge is 0.0814 e. The molecule has 0 aliphatic carbocycles. The number of halogens is 1. The van der Waals surface area contributed by atoms with Gasteiger partial charge in [-0.2, -0.15) is 5.10 Å². The fourth-order valence-electron chi connectivity index (χ4n) is 2.36. The van der Waals surface area contributed by atoms with Crippen molar-refractivity contribution in [2.75, 3.05) is 7.05 Å². The van der Waals surface area contributed by atoms with Crippen molar-refractivity contribution < 1.29 is 0 Å². The van der Waals surface area contributed by atoms with Gasteiger partial charge in [0.25, 0.3) is 0 Å². The molecular weight excluding hydrogens is 282 g/mol. The van der Waals surface area contributed by atoms with Crippen LogP contribution in [0, 0.1) is 6.92 Å². The summed E-state index contributed by atoms with van der Waals surface area (Å²) in [6, 6.07) is 9.03. The number of aromatic nitrogens is 2. The van der Waals surface area contributed by atoms with Crippen molar-refractivity contribution in [2.45, 2.75) is 45.7 Å². The first-order chi connectivity index (χ1) is 9.82. The van der Waals surface area contributed by atoms with Gasteiger partial charge in [-0.3, -0.25) is 4.68 Å². The molecule has 4 heteroatoms. The summed E-state index contributed by atoms with van der Waals surface area (Å²) in [4.78, 5) is 0. The lowest BCUT2D eigenvalue weighted by Crippen LogP contribution is -2.23. The number of hydrogen-bond donors (Lipinski definition) is 1. The third-order valence-corrected chi connectivity index (χ3v) is 4.30. The van der Waals surface area contributed by atoms with E-state index < -0.39 is 0 Å². The molecule has 3 nitrogen and oxygen atoms in total. The molecule has 0 saturated carbocycles. The molecule has 0 aliphatic heterocycles. The Kier molecular flexibility index (Phi) is 4.74. The van der Waals surface area contributed by atoms with Crippen LogP contribution < -0.4 is 5.32 Å². The van der Waals surface area contributed by atoms with Crippen molar-refractivity contribution in [3.8, 4) is 0 Å². The van der Waals surface area contributed by atoms with Gasteiger partial charge in [0.15, 0.2) is 0 Å². The Morgan fingerprint density at radius 3 is 2.29 bits per heavy atom. The Labute approximate surface area is 132 Å². The van der Waals surface area contributed by atoms with Crippen molar-refractivity contribution >= 4 is 11.6 Å². The van der Waals surface area contributed by atoms with Crippen LogP contribution in [-0.4, -0.2) is 16.8 Å². The summed E-state index contributed by atoms with van der Waals surface area (Å²) in [7, 11) is 1.97. The Morgan fingerprint density at radius 1 is 1.24 bits per heavy atom. The van der Waals surface area contributed by atoms with Crippen LogP contribution >= 0.6 is 11.6 Å². The molecule has 0 amide bonds. The highest BCUT2D eigenvalue weighted by Crippen LogP contribution is 2.25. The molecule has 114 valence electrons. The molecule has 1 aromatic carbocycles. The van der Waals surface area contributed by atoms with E-state index in [0.29, 0.717) is 5.02 Å². The first-order valence-electron chi connectivity index (χ1n) is 7.28. The zero-order valence-corrected chi connectivity index (χ0v) is 14.2. The fourth-order valence-corrected chi connectivity index (χ4v) is 2.50. The lowest BCUT2D eigenvalue weighted by atomic mass is 9.86. The monoisotopic (exact) mass is 305 g/mol. The number of nitrogens with zero attached hydrogens (tertiary/aromatic N) is 2. The van der Waals surface area contributed by atoms with E-state index in [4.69, 9.17) is 11.6 Å². The predicted molar refractivity (Wildman–Crippen MR) is 88.9 cm³/mol. The van der Waals surface area contributed by atoms with E-state index in [0.717, 1.165) is 12.2 Å². The highest BCUT2D eigenvalue weighted by molar-refractivity contribution is 6.31. The van der Waals surface area contributed by atoms with Gasteiger partial charge >= 0.3 is 0 Å². The lowest BCUT2D eigenvalue weighted by Gasteiger charge is -2.22. The fraction of sp³-hybridized carbons (Fsp3) is 0.471. The van der Waals surface area contributed by atoms with E-state index in [9.17, 15) is 0 Å². The van der Waals surface area contributed by atoms with Gasteiger partial charge in [0.2, 0.25) is 0 Å². The average Bonchev–Trinajstić information content (AvgIpc) is 2.75. The van der Waals surface area contributed by atoms with Crippen molar-refractivity contribution in [2.24, 2.45) is 0 Å². The Balaban J connectivity index is 2.20. The van der Waals surface area contributed by atoms with Crippen LogP contribution in [0.15, 0.2) is 30.5 Å². The Hall–Kier alpha value is -1.32. The van der Waals surface area contributed by atoms with E-state index in [1.54, 1.807) is 6.20 Å². The van der Waals surface area contributed by atoms with E-state index in [-0.39, 0.29) is 11.5 Å². The number of rotatable bonds is 4. The molecule has 1 atom stereocenters. The number of nitrogens with one attached hydrogen (secondary N) is 1. The van der Waals surface area contributed by atoms with Crippen LogP contribution in [0.5, 0.6) is 0 Å². The van der Waals surface area contributed by atoms with Gasteiger partial charge in [0.1, 0.15) is 0 Å². The van der Waals surface area contributed by atoms with Crippen LogP contribution in [-0.2, 0) is 12.0 Å². The zero-order valence-electron chi connectivity index (χ0n) is 13.4. The van der Waals surface area contributed by atoms with Crippen LogP contribution in [0.3, 0.4) is 0 Å². The molecule has 0 bridgehead atoms. The first-order valence-corrected chi connectivity index (χ1v) is 7.66. The quantitative estimate of drug-likeness (QED) is 0.921. The molecule has 0 spiro atoms. The third kappa shape index (κ3) is 3.66. The molecule has 0 radical (unpaired) electrons. The largest absolute Gasteiger partial charge is 0.311 e. The molecule has 0 fully saturated rings. The highest BCUT2D eigenvalue weighted by Gasteiger charge is 2.16. The summed E-state index contributed by atoms with van der Waals surface area (Å²) in [5, 5.41) is 8.40. The normalized spacial score (nSPS) is 13.4. The minimum absolute atomic E-state index is 0.180. The third-order valence-electron chi connectivity index (χ3n) is 3.93. The van der Waals surface area contributed by atoms with Gasteiger partial charge in [-0.05, 0) is 30.5 Å². The van der Waals surface area contributed by atoms with Crippen molar-refractivity contribution in [1.29, 1.82) is 0 Å². The van der Waals surface area contributed by atoms with E-state index in [2.05, 4.69) is 55.5 Å². The SMILES string of the molecule is CNC(Cn1ncc(Cl)c1C)c1ccc(C(C)(C)C)cc1. The predicted octanol–water partition coefficient (Wildman–Crippen LogP) is 4.10. The summed E-state index contributed by atoms with van der Waals surface area (Å²) in [6.07, 6.45) is 1.70. The van der Waals surface area contributed by atoms with Crippen molar-refractivity contribution in [1.82, 2.24) is 15.1 Å². The second-order valence-corrected chi connectivity index (χ2v) is 6.88. The summed E-state index contributed by atoms with van der Waals surface area (Å²) < 4.78 is 1.95. The molecule has 1 N–H and O–H groups in total. The lowest BCUT2D eigenvalue weighted by molar-refractivity contribution is 0.461. The molecule has 1 aromatic heterocycles. The maximum Gasteiger partial charge on any atom is 0.0814 e. The highest BCUT2D eigenvalue weighted by atomic mass is 35.5. The van der Waals surface area contributed by atoms with Crippen molar-refractivity contribution in [3.63, 3.8) is 0 Å². The van der Waals surface area contributed by atoms with Gasteiger partial charge in [-0.1, -0.05) is 56.6 Å². The van der Waals surface area contributed by atoms with Gasteiger partial charge in [-0.25, -0.2) is 0 Å². The van der Waals surface area contributed by atoms with Gasteiger partial charge in [0.05, 0.1) is 29.5 Å². The second kappa shape index (κ2) is 6.20. The van der Waals surface area contributed by atoms with Crippen LogP contribution in [0.2, 0.25) is 5.02 Å². The molecule has 0 saturated heterocycles. The van der Waals surface area contributed by atoms with E-state index >= 15 is 0 Å². The molecule has 0 aliphatic rings. The minimum Gasteiger partial charge on any atom is -0.311 e. The number of likely N-dealkylation sites (N-methyl/N-ethyl adjacent to an activating group) is 1. The average molecular weight is 306 g/mol. The summed E-state index contributed by atoms with van der Waals surface area (Å²) in [6.45, 7) is 9.45. The van der Waals surface area contributed by atoms with Gasteiger partial charge in [-0.15, -0.1) is 0 Å². The first kappa shape index (κ1) is 16.1. The van der Waals surface area contributed by atoms with Crippen LogP contribution in [0.25, 0.3) is 0 Å². The molecule has 2 rings (SSSR count). The molecule has 1 unspecified atom stereocenters.